The molecule has 2 N–H and O–H groups in total. The van der Waals surface area contributed by atoms with Gasteiger partial charge in [0, 0.05) is 19.0 Å². The van der Waals surface area contributed by atoms with E-state index in [1.165, 1.54) is 14.2 Å². The van der Waals surface area contributed by atoms with Crippen LogP contribution in [0.2, 0.25) is 5.02 Å². The summed E-state index contributed by atoms with van der Waals surface area (Å²) in [5.74, 6) is 0.718. The van der Waals surface area contributed by atoms with E-state index in [0.717, 1.165) is 17.8 Å². The highest BCUT2D eigenvalue weighted by atomic mass is 35.5. The van der Waals surface area contributed by atoms with Crippen LogP contribution in [0.5, 0.6) is 11.5 Å². The summed E-state index contributed by atoms with van der Waals surface area (Å²) in [6.45, 7) is 0.705. The minimum atomic E-state index is -0.276. The van der Waals surface area contributed by atoms with Gasteiger partial charge >= 0.3 is 0 Å². The van der Waals surface area contributed by atoms with E-state index >= 15 is 0 Å². The Kier molecular flexibility index (Phi) is 6.26. The molecule has 0 aromatic heterocycles. The van der Waals surface area contributed by atoms with Crippen LogP contribution in [-0.2, 0) is 9.59 Å². The molecule has 148 valence electrons. The Morgan fingerprint density at radius 2 is 1.89 bits per heavy atom. The lowest BCUT2D eigenvalue weighted by molar-refractivity contribution is -0.117. The summed E-state index contributed by atoms with van der Waals surface area (Å²) in [5, 5.41) is 6.24. The second-order valence-corrected chi connectivity index (χ2v) is 6.66. The lowest BCUT2D eigenvalue weighted by atomic mass is 10.2. The molecule has 0 bridgehead atoms. The van der Waals surface area contributed by atoms with E-state index in [-0.39, 0.29) is 18.4 Å². The maximum absolute atomic E-state index is 12.4. The second-order valence-electron chi connectivity index (χ2n) is 6.25. The zero-order valence-electron chi connectivity index (χ0n) is 15.8. The standard InChI is InChI=1S/C20H22ClN3O4/c1-27-17-11-18(28-2)15(10-13(17)21)23-19(25)12-22-14-6-3-4-7-16(14)24-9-5-8-20(24)26/h3-4,6-7,10-11,22H,5,8-9,12H2,1-2H3,(H,23,25). The van der Waals surface area contributed by atoms with Gasteiger partial charge < -0.3 is 25.0 Å². The lowest BCUT2D eigenvalue weighted by Gasteiger charge is -2.20. The zero-order valence-corrected chi connectivity index (χ0v) is 16.5. The fourth-order valence-electron chi connectivity index (χ4n) is 3.09. The molecule has 2 amide bonds. The molecule has 1 aliphatic rings. The first-order valence-corrected chi connectivity index (χ1v) is 9.26. The number of nitrogens with zero attached hydrogens (tertiary/aromatic N) is 1. The van der Waals surface area contributed by atoms with Crippen molar-refractivity contribution < 1.29 is 19.1 Å². The number of carbonyl (C=O) groups is 2. The quantitative estimate of drug-likeness (QED) is 0.739. The number of halogens is 1. The van der Waals surface area contributed by atoms with Crippen molar-refractivity contribution in [1.29, 1.82) is 0 Å². The van der Waals surface area contributed by atoms with Crippen LogP contribution in [0.3, 0.4) is 0 Å². The molecule has 3 rings (SSSR count). The van der Waals surface area contributed by atoms with Gasteiger partial charge in [-0.25, -0.2) is 0 Å². The summed E-state index contributed by atoms with van der Waals surface area (Å²) in [6.07, 6.45) is 1.39. The molecule has 1 saturated heterocycles. The Morgan fingerprint density at radius 3 is 2.57 bits per heavy atom. The zero-order chi connectivity index (χ0) is 20.1. The van der Waals surface area contributed by atoms with Crippen molar-refractivity contribution in [2.24, 2.45) is 0 Å². The molecule has 1 aliphatic heterocycles. The topological polar surface area (TPSA) is 79.9 Å². The molecule has 0 unspecified atom stereocenters. The van der Waals surface area contributed by atoms with E-state index in [4.69, 9.17) is 21.1 Å². The van der Waals surface area contributed by atoms with E-state index in [2.05, 4.69) is 10.6 Å². The number of hydrogen-bond acceptors (Lipinski definition) is 5. The fraction of sp³-hybridized carbons (Fsp3) is 0.300. The second kappa shape index (κ2) is 8.84. The summed E-state index contributed by atoms with van der Waals surface area (Å²) in [7, 11) is 3.01. The summed E-state index contributed by atoms with van der Waals surface area (Å²) < 4.78 is 10.4. The van der Waals surface area contributed by atoms with Crippen molar-refractivity contribution >= 4 is 40.5 Å². The highest BCUT2D eigenvalue weighted by Crippen LogP contribution is 2.36. The average Bonchev–Trinajstić information content (AvgIpc) is 3.12. The number of anilines is 3. The van der Waals surface area contributed by atoms with Gasteiger partial charge in [-0.05, 0) is 24.6 Å². The molecule has 0 aliphatic carbocycles. The molecule has 28 heavy (non-hydrogen) atoms. The number of benzene rings is 2. The van der Waals surface area contributed by atoms with Gasteiger partial charge in [0.25, 0.3) is 0 Å². The van der Waals surface area contributed by atoms with Crippen molar-refractivity contribution in [2.75, 3.05) is 42.8 Å². The summed E-state index contributed by atoms with van der Waals surface area (Å²) in [4.78, 5) is 26.2. The predicted octanol–water partition coefficient (Wildman–Crippen LogP) is 3.53. The van der Waals surface area contributed by atoms with Crippen LogP contribution in [0.15, 0.2) is 36.4 Å². The van der Waals surface area contributed by atoms with Gasteiger partial charge in [0.05, 0.1) is 42.8 Å². The highest BCUT2D eigenvalue weighted by molar-refractivity contribution is 6.32. The van der Waals surface area contributed by atoms with Crippen molar-refractivity contribution in [3.63, 3.8) is 0 Å². The van der Waals surface area contributed by atoms with Gasteiger partial charge in [-0.2, -0.15) is 0 Å². The van der Waals surface area contributed by atoms with Crippen LogP contribution in [0, 0.1) is 0 Å². The third-order valence-corrected chi connectivity index (χ3v) is 4.75. The van der Waals surface area contributed by atoms with Crippen LogP contribution in [0.1, 0.15) is 12.8 Å². The average molecular weight is 404 g/mol. The Labute approximate surface area is 168 Å². The van der Waals surface area contributed by atoms with E-state index in [9.17, 15) is 9.59 Å². The van der Waals surface area contributed by atoms with Crippen molar-refractivity contribution in [3.05, 3.63) is 41.4 Å². The number of ether oxygens (including phenoxy) is 2. The molecule has 1 heterocycles. The van der Waals surface area contributed by atoms with Crippen LogP contribution >= 0.6 is 11.6 Å². The van der Waals surface area contributed by atoms with Gasteiger partial charge in [-0.1, -0.05) is 23.7 Å². The molecule has 0 spiro atoms. The first kappa shape index (κ1) is 19.8. The number of methoxy groups -OCH3 is 2. The van der Waals surface area contributed by atoms with E-state index in [1.54, 1.807) is 17.0 Å². The lowest BCUT2D eigenvalue weighted by Crippen LogP contribution is -2.26. The summed E-state index contributed by atoms with van der Waals surface area (Å²) in [6, 6.07) is 10.6. The molecular formula is C20H22ClN3O4. The molecule has 0 radical (unpaired) electrons. The maximum Gasteiger partial charge on any atom is 0.243 e. The Hall–Kier alpha value is -2.93. The number of hydrogen-bond donors (Lipinski definition) is 2. The molecule has 0 atom stereocenters. The highest BCUT2D eigenvalue weighted by Gasteiger charge is 2.23. The summed E-state index contributed by atoms with van der Waals surface area (Å²) in [5.41, 5.74) is 1.96. The minimum absolute atomic E-state index is 0.0197. The van der Waals surface area contributed by atoms with Crippen molar-refractivity contribution in [3.8, 4) is 11.5 Å². The van der Waals surface area contributed by atoms with Crippen LogP contribution in [0.25, 0.3) is 0 Å². The molecule has 1 fully saturated rings. The molecule has 2 aromatic rings. The van der Waals surface area contributed by atoms with Gasteiger partial charge in [-0.15, -0.1) is 0 Å². The number of para-hydroxylation sites is 2. The molecule has 0 saturated carbocycles. The smallest absolute Gasteiger partial charge is 0.243 e. The van der Waals surface area contributed by atoms with Crippen LogP contribution in [0.4, 0.5) is 17.1 Å². The molecule has 2 aromatic carbocycles. The number of rotatable bonds is 7. The van der Waals surface area contributed by atoms with Gasteiger partial charge in [0.1, 0.15) is 11.5 Å². The largest absolute Gasteiger partial charge is 0.495 e. The number of nitrogens with one attached hydrogen (secondary N) is 2. The van der Waals surface area contributed by atoms with E-state index in [1.807, 2.05) is 24.3 Å². The third kappa shape index (κ3) is 4.31. The SMILES string of the molecule is COc1cc(OC)c(NC(=O)CNc2ccccc2N2CCCC2=O)cc1Cl. The van der Waals surface area contributed by atoms with Gasteiger partial charge in [0.2, 0.25) is 11.8 Å². The summed E-state index contributed by atoms with van der Waals surface area (Å²) >= 11 is 6.14. The van der Waals surface area contributed by atoms with Gasteiger partial charge in [-0.3, -0.25) is 9.59 Å². The fourth-order valence-corrected chi connectivity index (χ4v) is 3.33. The molecule has 8 heteroatoms. The molecule has 7 nitrogen and oxygen atoms in total. The Bertz CT molecular complexity index is 888. The maximum atomic E-state index is 12.4. The van der Waals surface area contributed by atoms with Crippen LogP contribution < -0.4 is 25.0 Å². The monoisotopic (exact) mass is 403 g/mol. The first-order valence-electron chi connectivity index (χ1n) is 8.88. The van der Waals surface area contributed by atoms with Crippen molar-refractivity contribution in [2.45, 2.75) is 12.8 Å². The normalized spacial score (nSPS) is 13.4. The Morgan fingerprint density at radius 1 is 1.14 bits per heavy atom. The predicted molar refractivity (Wildman–Crippen MR) is 110 cm³/mol. The van der Waals surface area contributed by atoms with E-state index in [0.29, 0.717) is 35.2 Å². The Balaban J connectivity index is 1.69. The third-order valence-electron chi connectivity index (χ3n) is 4.46. The van der Waals surface area contributed by atoms with Crippen molar-refractivity contribution in [1.82, 2.24) is 0 Å². The molecular weight excluding hydrogens is 382 g/mol. The first-order chi connectivity index (χ1) is 13.5. The van der Waals surface area contributed by atoms with Gasteiger partial charge in [0.15, 0.2) is 0 Å². The minimum Gasteiger partial charge on any atom is -0.495 e. The number of carbonyl (C=O) groups excluding carboxylic acids is 2. The number of amides is 2. The van der Waals surface area contributed by atoms with E-state index < -0.39 is 0 Å². The van der Waals surface area contributed by atoms with Crippen LogP contribution in [-0.4, -0.2) is 39.1 Å².